The molecule has 0 saturated heterocycles. The lowest BCUT2D eigenvalue weighted by Gasteiger charge is -2.35. The van der Waals surface area contributed by atoms with Gasteiger partial charge in [0, 0.05) is 53.9 Å². The normalized spacial score (nSPS) is 14.8. The topological polar surface area (TPSA) is 222 Å². The van der Waals surface area contributed by atoms with Crippen molar-refractivity contribution in [1.82, 2.24) is 19.6 Å². The molecular weight excluding hydrogens is 1210 g/mol. The number of halogens is 2. The van der Waals surface area contributed by atoms with Crippen molar-refractivity contribution in [2.24, 2.45) is 11.8 Å². The number of rotatable bonds is 31. The first-order valence-electron chi connectivity index (χ1n) is 32.5. The van der Waals surface area contributed by atoms with Crippen LogP contribution in [0.1, 0.15) is 191 Å². The van der Waals surface area contributed by atoms with Crippen LogP contribution in [0, 0.1) is 11.8 Å². The maximum Gasteiger partial charge on any atom is 0.410 e. The van der Waals surface area contributed by atoms with E-state index in [9.17, 15) is 38.4 Å². The van der Waals surface area contributed by atoms with Crippen molar-refractivity contribution in [1.29, 1.82) is 0 Å². The van der Waals surface area contributed by atoms with Gasteiger partial charge in [0.1, 0.15) is 47.7 Å². The molecule has 8 atom stereocenters. The highest BCUT2D eigenvalue weighted by molar-refractivity contribution is 5.93. The third-order valence-electron chi connectivity index (χ3n) is 15.8. The minimum atomic E-state index is -2.14. The number of alkyl halides is 2. The van der Waals surface area contributed by atoms with E-state index in [0.29, 0.717) is 23.1 Å². The average molecular weight is 1320 g/mol. The van der Waals surface area contributed by atoms with Gasteiger partial charge in [-0.3, -0.25) is 19.3 Å². The standard InChI is InChI=1S/C73H108F2N4O15/c1-45(2)29-38-54(64(84)92-58(40-49-30-34-52(35-31-49)69(7,8)9)61(81)78(22)57(43-73(18,19)75)67(87)91-48(6)63(83)89-44-51-27-25-24-26-28-51)76(20)60(80)47(5)90-66(86)56(42-72(16,17)74)77(21)62(82)59(41-50-32-36-53(37-33-50)70(10,11)12)93-65(85)55(39-46(3)4)79(23)68(88)94-71(13,14)15/h24-28,30-37,45-48,54-59H,29,38-44H2,1-23H3/t47-,48-,54+,55+,56+,57+,58-,59-/m1/s1. The molecule has 0 aliphatic carbocycles. The summed E-state index contributed by atoms with van der Waals surface area (Å²) in [4.78, 5) is 133. The van der Waals surface area contributed by atoms with Crippen molar-refractivity contribution in [2.45, 2.75) is 259 Å². The van der Waals surface area contributed by atoms with Gasteiger partial charge in [-0.15, -0.1) is 0 Å². The fraction of sp³-hybridized carbons (Fsp3) is 0.630. The minimum Gasteiger partial charge on any atom is -0.458 e. The summed E-state index contributed by atoms with van der Waals surface area (Å²) in [5.41, 5.74) is -1.92. The molecule has 19 nitrogen and oxygen atoms in total. The Balaban J connectivity index is 2.07. The molecule has 0 aliphatic rings. The maximum absolute atomic E-state index is 16.0. The number of amides is 4. The SMILES string of the molecule is CC(C)CC[C@@H](C(=O)O[C@H](Cc1ccc(C(C)(C)C)cc1)C(=O)N(C)[C@@H](CC(C)(C)F)C(=O)O[C@H](C)C(=O)OCc1ccccc1)N(C)C(=O)[C@@H](C)OC(=O)[C@H](CC(C)(C)F)N(C)C(=O)[C@@H](Cc1ccc(C(C)(C)C)cc1)OC(=O)[C@H](CC(C)C)N(C)C(=O)OC(C)(C)C. The highest BCUT2D eigenvalue weighted by Gasteiger charge is 2.44. The molecule has 0 radical (unpaired) electrons. The second kappa shape index (κ2) is 34.3. The number of carbonyl (C=O) groups is 9. The van der Waals surface area contributed by atoms with Gasteiger partial charge in [0.2, 0.25) is 0 Å². The molecule has 0 fully saturated rings. The second-order valence-corrected chi connectivity index (χ2v) is 29.9. The van der Waals surface area contributed by atoms with E-state index in [1.165, 1.54) is 69.7 Å². The van der Waals surface area contributed by atoms with Crippen molar-refractivity contribution < 1.29 is 80.4 Å². The summed E-state index contributed by atoms with van der Waals surface area (Å²) in [6.07, 6.45) is -8.63. The molecule has 0 bridgehead atoms. The van der Waals surface area contributed by atoms with Gasteiger partial charge in [-0.25, -0.2) is 37.5 Å². The van der Waals surface area contributed by atoms with Gasteiger partial charge in [0.25, 0.3) is 17.7 Å². The van der Waals surface area contributed by atoms with Crippen molar-refractivity contribution in [3.8, 4) is 0 Å². The first-order chi connectivity index (χ1) is 43.1. The van der Waals surface area contributed by atoms with Crippen molar-refractivity contribution >= 4 is 53.7 Å². The molecule has 524 valence electrons. The van der Waals surface area contributed by atoms with E-state index in [2.05, 4.69) is 0 Å². The Morgan fingerprint density at radius 3 is 1.17 bits per heavy atom. The molecule has 0 spiro atoms. The van der Waals surface area contributed by atoms with Gasteiger partial charge in [-0.2, -0.15) is 0 Å². The van der Waals surface area contributed by atoms with E-state index in [1.807, 2.05) is 93.5 Å². The maximum atomic E-state index is 16.0. The molecule has 0 saturated carbocycles. The Bertz CT molecular complexity index is 3010. The first-order valence-corrected chi connectivity index (χ1v) is 32.5. The van der Waals surface area contributed by atoms with Gasteiger partial charge in [-0.1, -0.05) is 148 Å². The molecule has 0 aliphatic heterocycles. The number of hydrogen-bond donors (Lipinski definition) is 0. The Morgan fingerprint density at radius 1 is 0.415 bits per heavy atom. The fourth-order valence-corrected chi connectivity index (χ4v) is 10.1. The monoisotopic (exact) mass is 1320 g/mol. The van der Waals surface area contributed by atoms with E-state index < -0.39 is 132 Å². The second-order valence-electron chi connectivity index (χ2n) is 29.9. The van der Waals surface area contributed by atoms with Gasteiger partial charge in [0.15, 0.2) is 24.4 Å². The molecule has 3 rings (SSSR count). The molecule has 0 N–H and O–H groups in total. The Morgan fingerprint density at radius 2 is 0.798 bits per heavy atom. The summed E-state index contributed by atoms with van der Waals surface area (Å²) in [6, 6.07) is 17.3. The molecule has 3 aromatic carbocycles. The Kier molecular flexibility index (Phi) is 29.5. The molecule has 94 heavy (non-hydrogen) atoms. The van der Waals surface area contributed by atoms with Gasteiger partial charge in [-0.05, 0) is 132 Å². The van der Waals surface area contributed by atoms with Gasteiger partial charge < -0.3 is 43.1 Å². The summed E-state index contributed by atoms with van der Waals surface area (Å²) < 4.78 is 66.3. The number of esters is 5. The van der Waals surface area contributed by atoms with E-state index in [0.717, 1.165) is 30.7 Å². The first kappa shape index (κ1) is 80.8. The average Bonchev–Trinajstić information content (AvgIpc) is 0.829. The summed E-state index contributed by atoms with van der Waals surface area (Å²) in [7, 11) is 5.12. The largest absolute Gasteiger partial charge is 0.458 e. The number of benzene rings is 3. The van der Waals surface area contributed by atoms with Crippen LogP contribution in [0.25, 0.3) is 0 Å². The lowest BCUT2D eigenvalue weighted by Crippen LogP contribution is -2.54. The van der Waals surface area contributed by atoms with E-state index in [4.69, 9.17) is 28.4 Å². The predicted octanol–water partition coefficient (Wildman–Crippen LogP) is 12.0. The van der Waals surface area contributed by atoms with E-state index in [-0.39, 0.29) is 55.0 Å². The zero-order valence-electron chi connectivity index (χ0n) is 60.1. The van der Waals surface area contributed by atoms with Crippen LogP contribution in [0.3, 0.4) is 0 Å². The zero-order chi connectivity index (χ0) is 71.8. The molecule has 0 aromatic heterocycles. The highest BCUT2D eigenvalue weighted by atomic mass is 19.1. The number of likely N-dealkylation sites (N-methyl/N-ethyl adjacent to an activating group) is 4. The van der Waals surface area contributed by atoms with Crippen LogP contribution in [0.5, 0.6) is 0 Å². The number of nitrogens with zero attached hydrogens (tertiary/aromatic N) is 4. The van der Waals surface area contributed by atoms with E-state index >= 15 is 13.6 Å². The van der Waals surface area contributed by atoms with Crippen molar-refractivity contribution in [3.63, 3.8) is 0 Å². The summed E-state index contributed by atoms with van der Waals surface area (Å²) in [5.74, 6) is -8.23. The predicted molar refractivity (Wildman–Crippen MR) is 355 cm³/mol. The summed E-state index contributed by atoms with van der Waals surface area (Å²) in [6.45, 7) is 31.8. The van der Waals surface area contributed by atoms with Gasteiger partial charge in [0.05, 0.1) is 0 Å². The molecular formula is C73H108F2N4O15. The van der Waals surface area contributed by atoms with Crippen LogP contribution in [0.4, 0.5) is 13.6 Å². The highest BCUT2D eigenvalue weighted by Crippen LogP contribution is 2.29. The Hall–Kier alpha value is -7.45. The quantitative estimate of drug-likeness (QED) is 0.0432. The van der Waals surface area contributed by atoms with Crippen LogP contribution in [-0.2, 0) is 97.1 Å². The summed E-state index contributed by atoms with van der Waals surface area (Å²) >= 11 is 0. The van der Waals surface area contributed by atoms with E-state index in [1.54, 1.807) is 75.4 Å². The smallest absolute Gasteiger partial charge is 0.410 e. The van der Waals surface area contributed by atoms with Gasteiger partial charge >= 0.3 is 35.9 Å². The van der Waals surface area contributed by atoms with Crippen LogP contribution >= 0.6 is 0 Å². The lowest BCUT2D eigenvalue weighted by atomic mass is 9.86. The van der Waals surface area contributed by atoms with Crippen molar-refractivity contribution in [2.75, 3.05) is 28.2 Å². The van der Waals surface area contributed by atoms with Crippen LogP contribution in [-0.4, -0.2) is 167 Å². The Labute approximate surface area is 557 Å². The number of hydrogen-bond acceptors (Lipinski definition) is 15. The molecule has 0 unspecified atom stereocenters. The fourth-order valence-electron chi connectivity index (χ4n) is 10.1. The lowest BCUT2D eigenvalue weighted by molar-refractivity contribution is -0.176. The molecule has 21 heteroatoms. The summed E-state index contributed by atoms with van der Waals surface area (Å²) in [5, 5.41) is 0. The third kappa shape index (κ3) is 26.4. The minimum absolute atomic E-state index is 0.0276. The molecule has 3 aromatic rings. The number of carbonyl (C=O) groups excluding carboxylic acids is 9. The molecule has 0 heterocycles. The van der Waals surface area contributed by atoms with Crippen LogP contribution in [0.2, 0.25) is 0 Å². The van der Waals surface area contributed by atoms with Crippen LogP contribution < -0.4 is 0 Å². The third-order valence-corrected chi connectivity index (χ3v) is 15.8. The molecule has 4 amide bonds. The van der Waals surface area contributed by atoms with Crippen LogP contribution in [0.15, 0.2) is 78.9 Å². The zero-order valence-corrected chi connectivity index (χ0v) is 60.1. The number of ether oxygens (including phenoxy) is 6. The van der Waals surface area contributed by atoms with Crippen molar-refractivity contribution in [3.05, 3.63) is 107 Å².